The van der Waals surface area contributed by atoms with Gasteiger partial charge < -0.3 is 29.2 Å². The quantitative estimate of drug-likeness (QED) is 0.505. The molecule has 1 aromatic rings. The van der Waals surface area contributed by atoms with Crippen LogP contribution in [0.15, 0.2) is 34.5 Å². The van der Waals surface area contributed by atoms with Gasteiger partial charge in [-0.3, -0.25) is 0 Å². The molecular weight excluding hydrogens is 310 g/mol. The van der Waals surface area contributed by atoms with Gasteiger partial charge in [-0.15, -0.1) is 5.57 Å². The van der Waals surface area contributed by atoms with Crippen LogP contribution in [0.1, 0.15) is 19.6 Å². The van der Waals surface area contributed by atoms with Gasteiger partial charge in [-0.05, 0) is 6.07 Å². The molecule has 1 aromatic heterocycles. The van der Waals surface area contributed by atoms with Gasteiger partial charge in [0.1, 0.15) is 0 Å². The van der Waals surface area contributed by atoms with E-state index >= 15 is 0 Å². The monoisotopic (exact) mass is 319 g/mol. The molecule has 2 rings (SSSR count). The zero-order valence-corrected chi connectivity index (χ0v) is 12.5. The normalized spacial score (nSPS) is 17.9. The molecule has 0 bridgehead atoms. The summed E-state index contributed by atoms with van der Waals surface area (Å²) in [7, 11) is 0. The first-order valence-corrected chi connectivity index (χ1v) is 4.13. The van der Waals surface area contributed by atoms with Crippen molar-refractivity contribution in [3.63, 3.8) is 0 Å². The summed E-state index contributed by atoms with van der Waals surface area (Å²) in [5, 5.41) is 0. The van der Waals surface area contributed by atoms with Gasteiger partial charge in [0.25, 0.3) is 0 Å². The zero-order chi connectivity index (χ0) is 8.55. The molecule has 0 spiro atoms. The van der Waals surface area contributed by atoms with E-state index in [1.807, 2.05) is 12.1 Å². The molecule has 1 aliphatic rings. The molecule has 79 valence electrons. The van der Waals surface area contributed by atoms with E-state index in [-0.39, 0.29) is 51.0 Å². The van der Waals surface area contributed by atoms with Crippen molar-refractivity contribution in [3.8, 4) is 0 Å². The average molecular weight is 321 g/mol. The van der Waals surface area contributed by atoms with Crippen LogP contribution >= 0.6 is 0 Å². The van der Waals surface area contributed by atoms with Crippen LogP contribution in [-0.2, 0) is 26.2 Å². The van der Waals surface area contributed by atoms with Crippen molar-refractivity contribution in [2.24, 2.45) is 5.92 Å². The molecule has 0 N–H and O–H groups in total. The van der Waals surface area contributed by atoms with Crippen LogP contribution in [0.5, 0.6) is 0 Å². The first kappa shape index (κ1) is 17.6. The number of hydrogen-bond acceptors (Lipinski definition) is 1. The van der Waals surface area contributed by atoms with Crippen LogP contribution in [-0.4, -0.2) is 0 Å². The van der Waals surface area contributed by atoms with Gasteiger partial charge in [0, 0.05) is 5.76 Å². The van der Waals surface area contributed by atoms with Crippen molar-refractivity contribution < 1.29 is 55.4 Å². The van der Waals surface area contributed by atoms with E-state index in [1.54, 1.807) is 6.26 Å². The van der Waals surface area contributed by atoms with Crippen LogP contribution in [0.2, 0.25) is 0 Å². The van der Waals surface area contributed by atoms with E-state index < -0.39 is 0 Å². The molecule has 1 heterocycles. The predicted molar refractivity (Wildman–Crippen MR) is 48.3 cm³/mol. The fraction of sp³-hybridized carbons (Fsp3) is 0.273. The van der Waals surface area contributed by atoms with Gasteiger partial charge in [0.05, 0.1) is 6.26 Å². The largest absolute Gasteiger partial charge is 3.00 e. The maximum Gasteiger partial charge on any atom is 3.00 e. The van der Waals surface area contributed by atoms with Crippen LogP contribution in [0.3, 0.4) is 0 Å². The first-order valence-electron chi connectivity index (χ1n) is 4.13. The first-order chi connectivity index (χ1) is 5.77. The number of halogens is 2. The van der Waals surface area contributed by atoms with Crippen LogP contribution in [0, 0.1) is 12.0 Å². The molecule has 1 aliphatic carbocycles. The Bertz CT molecular complexity index is 341. The maximum atomic E-state index is 5.27. The van der Waals surface area contributed by atoms with Crippen molar-refractivity contribution in [3.05, 3.63) is 41.9 Å². The van der Waals surface area contributed by atoms with Gasteiger partial charge in [0.15, 0.2) is 0 Å². The smallest absolute Gasteiger partial charge is 1.00 e. The molecule has 0 saturated heterocycles. The van der Waals surface area contributed by atoms with Crippen LogP contribution < -0.4 is 24.8 Å². The topological polar surface area (TPSA) is 13.1 Å². The van der Waals surface area contributed by atoms with E-state index in [1.165, 1.54) is 5.57 Å². The van der Waals surface area contributed by atoms with Crippen LogP contribution in [0.25, 0.3) is 5.57 Å². The minimum absolute atomic E-state index is 0. The molecule has 0 saturated carbocycles. The fourth-order valence-corrected chi connectivity index (χ4v) is 1.32. The third-order valence-electron chi connectivity index (χ3n) is 2.21. The van der Waals surface area contributed by atoms with E-state index in [0.29, 0.717) is 5.92 Å². The van der Waals surface area contributed by atoms with Crippen molar-refractivity contribution in [2.75, 3.05) is 0 Å². The SMILES string of the molecule is CC1=CC(c2ccco2)=[C-]C1C.[Cl-].[Cl-].[Zr+3]. The molecule has 0 fully saturated rings. The molecule has 0 aliphatic heterocycles. The minimum Gasteiger partial charge on any atom is -1.00 e. The minimum atomic E-state index is 0. The molecule has 0 amide bonds. The summed E-state index contributed by atoms with van der Waals surface area (Å²) in [6.07, 6.45) is 7.16. The van der Waals surface area contributed by atoms with Crippen molar-refractivity contribution in [2.45, 2.75) is 13.8 Å². The van der Waals surface area contributed by atoms with Gasteiger partial charge >= 0.3 is 26.2 Å². The fourth-order valence-electron chi connectivity index (χ4n) is 1.32. The Balaban J connectivity index is 0. The molecular formula is C11H11Cl2OZr. The van der Waals surface area contributed by atoms with Crippen molar-refractivity contribution in [1.82, 2.24) is 0 Å². The second kappa shape index (κ2) is 7.49. The van der Waals surface area contributed by atoms with Crippen molar-refractivity contribution in [1.29, 1.82) is 0 Å². The standard InChI is InChI=1S/C11H11O.2ClH.Zr/c1-8-6-10(7-9(8)2)11-4-3-5-12-11;;;/h3-6,9H,1-2H3;2*1H;/q-1;;;+3/p-2. The molecule has 1 unspecified atom stereocenters. The number of allylic oxidation sites excluding steroid dienone is 4. The summed E-state index contributed by atoms with van der Waals surface area (Å²) in [4.78, 5) is 0. The Kier molecular flexibility index (Phi) is 8.79. The second-order valence-corrected chi connectivity index (χ2v) is 3.15. The summed E-state index contributed by atoms with van der Waals surface area (Å²) in [5.41, 5.74) is 2.44. The molecule has 1 atom stereocenters. The van der Waals surface area contributed by atoms with Gasteiger partial charge in [-0.1, -0.05) is 25.8 Å². The third kappa shape index (κ3) is 3.94. The van der Waals surface area contributed by atoms with E-state index in [9.17, 15) is 0 Å². The van der Waals surface area contributed by atoms with Crippen molar-refractivity contribution >= 4 is 5.57 Å². The van der Waals surface area contributed by atoms with Gasteiger partial charge in [-0.2, -0.15) is 17.7 Å². The Hall–Kier alpha value is 0.223. The number of furan rings is 1. The summed E-state index contributed by atoms with van der Waals surface area (Å²) < 4.78 is 5.27. The Morgan fingerprint density at radius 1 is 1.33 bits per heavy atom. The second-order valence-electron chi connectivity index (χ2n) is 3.15. The summed E-state index contributed by atoms with van der Waals surface area (Å²) >= 11 is 0. The Morgan fingerprint density at radius 2 is 2.00 bits per heavy atom. The van der Waals surface area contributed by atoms with E-state index in [2.05, 4.69) is 26.0 Å². The van der Waals surface area contributed by atoms with Crippen LogP contribution in [0.4, 0.5) is 0 Å². The van der Waals surface area contributed by atoms with Gasteiger partial charge in [0.2, 0.25) is 0 Å². The maximum absolute atomic E-state index is 5.27. The predicted octanol–water partition coefficient (Wildman–Crippen LogP) is -2.93. The van der Waals surface area contributed by atoms with E-state index in [4.69, 9.17) is 4.42 Å². The zero-order valence-electron chi connectivity index (χ0n) is 8.55. The average Bonchev–Trinajstić information content (AvgIpc) is 2.61. The summed E-state index contributed by atoms with van der Waals surface area (Å²) in [6, 6.07) is 3.86. The third-order valence-corrected chi connectivity index (χ3v) is 2.21. The van der Waals surface area contributed by atoms with Gasteiger partial charge in [-0.25, -0.2) is 0 Å². The number of rotatable bonds is 1. The Labute approximate surface area is 122 Å². The van der Waals surface area contributed by atoms with E-state index in [0.717, 1.165) is 11.3 Å². The summed E-state index contributed by atoms with van der Waals surface area (Å²) in [6.45, 7) is 4.26. The molecule has 15 heavy (non-hydrogen) atoms. The number of hydrogen-bond donors (Lipinski definition) is 0. The summed E-state index contributed by atoms with van der Waals surface area (Å²) in [5.74, 6) is 1.35. The molecule has 1 radical (unpaired) electrons. The molecule has 4 heteroatoms. The molecule has 0 aromatic carbocycles. The molecule has 1 nitrogen and oxygen atoms in total. The Morgan fingerprint density at radius 3 is 2.40 bits per heavy atom.